The van der Waals surface area contributed by atoms with Gasteiger partial charge in [-0.3, -0.25) is 0 Å². The lowest BCUT2D eigenvalue weighted by atomic mass is 10.1. The highest BCUT2D eigenvalue weighted by molar-refractivity contribution is 5.32. The number of hydrogen-bond donors (Lipinski definition) is 1. The van der Waals surface area contributed by atoms with E-state index < -0.39 is 5.82 Å². The van der Waals surface area contributed by atoms with Gasteiger partial charge in [-0.15, -0.1) is 0 Å². The molecule has 16 heavy (non-hydrogen) atoms. The third kappa shape index (κ3) is 2.66. The first kappa shape index (κ1) is 12.8. The van der Waals surface area contributed by atoms with Gasteiger partial charge in [0.1, 0.15) is 6.10 Å². The Labute approximate surface area is 95.0 Å². The molecule has 0 amide bonds. The number of nitrogens with two attached hydrogens (primary N) is 1. The van der Waals surface area contributed by atoms with Crippen LogP contribution in [0.4, 0.5) is 10.2 Å². The number of ether oxygens (including phenoxy) is 1. The summed E-state index contributed by atoms with van der Waals surface area (Å²) in [6.45, 7) is 8.02. The van der Waals surface area contributed by atoms with E-state index in [1.54, 1.807) is 6.92 Å². The van der Waals surface area contributed by atoms with Gasteiger partial charge in [-0.25, -0.2) is 14.4 Å². The first-order valence-electron chi connectivity index (χ1n) is 5.38. The Hall–Kier alpha value is -1.23. The summed E-state index contributed by atoms with van der Waals surface area (Å²) >= 11 is 0. The molecule has 1 aromatic heterocycles. The van der Waals surface area contributed by atoms with Crippen molar-refractivity contribution in [3.8, 4) is 0 Å². The molecule has 1 rings (SSSR count). The third-order valence-electron chi connectivity index (χ3n) is 2.27. The Bertz CT molecular complexity index is 345. The molecule has 0 saturated heterocycles. The van der Waals surface area contributed by atoms with Gasteiger partial charge in [0, 0.05) is 6.61 Å². The van der Waals surface area contributed by atoms with Crippen LogP contribution in [0.15, 0.2) is 0 Å². The molecule has 0 aliphatic heterocycles. The van der Waals surface area contributed by atoms with Gasteiger partial charge in [-0.2, -0.15) is 0 Å². The van der Waals surface area contributed by atoms with Crippen LogP contribution in [0.25, 0.3) is 0 Å². The minimum Gasteiger partial charge on any atom is -0.381 e. The van der Waals surface area contributed by atoms with Crippen LogP contribution in [0.2, 0.25) is 0 Å². The van der Waals surface area contributed by atoms with E-state index in [1.165, 1.54) is 0 Å². The molecule has 0 saturated carbocycles. The van der Waals surface area contributed by atoms with Crippen molar-refractivity contribution in [3.63, 3.8) is 0 Å². The Morgan fingerprint density at radius 1 is 1.38 bits per heavy atom. The lowest BCUT2D eigenvalue weighted by molar-refractivity contribution is 0.0231. The fourth-order valence-electron chi connectivity index (χ4n) is 1.48. The van der Waals surface area contributed by atoms with E-state index in [2.05, 4.69) is 9.97 Å². The molecule has 1 atom stereocenters. The summed E-state index contributed by atoms with van der Waals surface area (Å²) in [5.74, 6) is -0.00642. The van der Waals surface area contributed by atoms with Gasteiger partial charge in [0.25, 0.3) is 0 Å². The molecule has 0 aromatic carbocycles. The molecule has 0 aliphatic carbocycles. The van der Waals surface area contributed by atoms with Crippen LogP contribution in [-0.4, -0.2) is 16.6 Å². The van der Waals surface area contributed by atoms with Crippen LogP contribution >= 0.6 is 0 Å². The first-order valence-corrected chi connectivity index (χ1v) is 5.38. The standard InChI is InChI=1S/C11H18FN3O/c1-5-16-9(6(2)3)11-14-7(4)8(12)10(13)15-11/h6,9H,5H2,1-4H3,(H2,13,14,15). The predicted octanol–water partition coefficient (Wildman–Crippen LogP) is 2.24. The zero-order chi connectivity index (χ0) is 12.3. The second kappa shape index (κ2) is 5.21. The molecular weight excluding hydrogens is 209 g/mol. The lowest BCUT2D eigenvalue weighted by Crippen LogP contribution is -2.17. The largest absolute Gasteiger partial charge is 0.381 e. The topological polar surface area (TPSA) is 61.0 Å². The molecule has 1 unspecified atom stereocenters. The van der Waals surface area contributed by atoms with Gasteiger partial charge in [0.05, 0.1) is 5.69 Å². The van der Waals surface area contributed by atoms with Crippen molar-refractivity contribution >= 4 is 5.82 Å². The summed E-state index contributed by atoms with van der Waals surface area (Å²) in [6, 6.07) is 0. The molecule has 0 aliphatic rings. The van der Waals surface area contributed by atoms with Crippen molar-refractivity contribution in [3.05, 3.63) is 17.3 Å². The fraction of sp³-hybridized carbons (Fsp3) is 0.636. The Balaban J connectivity index is 3.10. The summed E-state index contributed by atoms with van der Waals surface area (Å²) in [5, 5.41) is 0. The van der Waals surface area contributed by atoms with Crippen molar-refractivity contribution in [1.82, 2.24) is 9.97 Å². The van der Waals surface area contributed by atoms with E-state index in [0.717, 1.165) is 0 Å². The van der Waals surface area contributed by atoms with Gasteiger partial charge in [0.2, 0.25) is 0 Å². The molecule has 90 valence electrons. The second-order valence-electron chi connectivity index (χ2n) is 3.99. The molecule has 0 radical (unpaired) electrons. The average Bonchev–Trinajstić information content (AvgIpc) is 2.21. The van der Waals surface area contributed by atoms with Gasteiger partial charge in [-0.05, 0) is 19.8 Å². The molecule has 4 nitrogen and oxygen atoms in total. The quantitative estimate of drug-likeness (QED) is 0.856. The third-order valence-corrected chi connectivity index (χ3v) is 2.27. The van der Waals surface area contributed by atoms with E-state index in [0.29, 0.717) is 12.4 Å². The fourth-order valence-corrected chi connectivity index (χ4v) is 1.48. The van der Waals surface area contributed by atoms with E-state index in [9.17, 15) is 4.39 Å². The summed E-state index contributed by atoms with van der Waals surface area (Å²) in [6.07, 6.45) is -0.244. The first-order chi connectivity index (χ1) is 7.47. The van der Waals surface area contributed by atoms with Crippen LogP contribution in [0.5, 0.6) is 0 Å². The summed E-state index contributed by atoms with van der Waals surface area (Å²) < 4.78 is 18.8. The zero-order valence-corrected chi connectivity index (χ0v) is 10.1. The predicted molar refractivity (Wildman–Crippen MR) is 60.3 cm³/mol. The average molecular weight is 227 g/mol. The second-order valence-corrected chi connectivity index (χ2v) is 3.99. The molecular formula is C11H18FN3O. The number of rotatable bonds is 4. The number of nitrogens with zero attached hydrogens (tertiary/aromatic N) is 2. The van der Waals surface area contributed by atoms with Crippen molar-refractivity contribution in [2.45, 2.75) is 33.8 Å². The lowest BCUT2D eigenvalue weighted by Gasteiger charge is -2.20. The monoisotopic (exact) mass is 227 g/mol. The highest BCUT2D eigenvalue weighted by atomic mass is 19.1. The van der Waals surface area contributed by atoms with E-state index in [4.69, 9.17) is 10.5 Å². The molecule has 5 heteroatoms. The van der Waals surface area contributed by atoms with Crippen LogP contribution in [0.3, 0.4) is 0 Å². The molecule has 0 bridgehead atoms. The molecule has 1 aromatic rings. The number of halogens is 1. The molecule has 1 heterocycles. The highest BCUT2D eigenvalue weighted by Crippen LogP contribution is 2.24. The van der Waals surface area contributed by atoms with Gasteiger partial charge in [-0.1, -0.05) is 13.8 Å². The van der Waals surface area contributed by atoms with Crippen molar-refractivity contribution in [2.24, 2.45) is 5.92 Å². The van der Waals surface area contributed by atoms with Crippen molar-refractivity contribution in [1.29, 1.82) is 0 Å². The van der Waals surface area contributed by atoms with Crippen LogP contribution in [-0.2, 0) is 4.74 Å². The maximum atomic E-state index is 13.3. The number of nitrogen functional groups attached to an aromatic ring is 1. The normalized spacial score (nSPS) is 13.1. The summed E-state index contributed by atoms with van der Waals surface area (Å²) in [5.41, 5.74) is 5.73. The Morgan fingerprint density at radius 2 is 2.00 bits per heavy atom. The van der Waals surface area contributed by atoms with Crippen molar-refractivity contribution < 1.29 is 9.13 Å². The number of hydrogen-bond acceptors (Lipinski definition) is 4. The molecule has 0 fully saturated rings. The van der Waals surface area contributed by atoms with E-state index in [-0.39, 0.29) is 23.5 Å². The summed E-state index contributed by atoms with van der Waals surface area (Å²) in [4.78, 5) is 8.02. The Kier molecular flexibility index (Phi) is 4.18. The minimum absolute atomic E-state index is 0.118. The maximum Gasteiger partial charge on any atom is 0.186 e. The van der Waals surface area contributed by atoms with Crippen LogP contribution in [0.1, 0.15) is 38.4 Å². The van der Waals surface area contributed by atoms with Crippen LogP contribution < -0.4 is 5.73 Å². The Morgan fingerprint density at radius 3 is 2.44 bits per heavy atom. The number of anilines is 1. The van der Waals surface area contributed by atoms with Gasteiger partial charge < -0.3 is 10.5 Å². The van der Waals surface area contributed by atoms with E-state index in [1.807, 2.05) is 20.8 Å². The summed E-state index contributed by atoms with van der Waals surface area (Å²) in [7, 11) is 0. The van der Waals surface area contributed by atoms with E-state index >= 15 is 0 Å². The van der Waals surface area contributed by atoms with Gasteiger partial charge >= 0.3 is 0 Å². The smallest absolute Gasteiger partial charge is 0.186 e. The molecule has 2 N–H and O–H groups in total. The molecule has 0 spiro atoms. The van der Waals surface area contributed by atoms with Crippen molar-refractivity contribution in [2.75, 3.05) is 12.3 Å². The number of aromatic nitrogens is 2. The minimum atomic E-state index is -0.553. The zero-order valence-electron chi connectivity index (χ0n) is 10.1. The SMILES string of the molecule is CCOC(c1nc(C)c(F)c(N)n1)C(C)C. The van der Waals surface area contributed by atoms with Gasteiger partial charge in [0.15, 0.2) is 17.5 Å². The highest BCUT2D eigenvalue weighted by Gasteiger charge is 2.21. The number of aryl methyl sites for hydroxylation is 1. The van der Waals surface area contributed by atoms with Crippen LogP contribution in [0, 0.1) is 18.7 Å². The maximum absolute atomic E-state index is 13.3.